The molecule has 2 aromatic carbocycles. The molecule has 0 bridgehead atoms. The van der Waals surface area contributed by atoms with Gasteiger partial charge in [-0.3, -0.25) is 9.97 Å². The number of nitrogens with zero attached hydrogens (tertiary/aromatic N) is 8. The number of aromatic nitrogens is 8. The average molecular weight is 782 g/mol. The molecule has 46 heavy (non-hydrogen) atoms. The average Bonchev–Trinajstić information content (AvgIpc) is 3.18. The summed E-state index contributed by atoms with van der Waals surface area (Å²) in [6.07, 6.45) is 11.6. The van der Waals surface area contributed by atoms with Gasteiger partial charge in [0.05, 0.1) is 12.4 Å². The summed E-state index contributed by atoms with van der Waals surface area (Å²) in [5.41, 5.74) is 8.87. The molecule has 0 aliphatic heterocycles. The normalized spacial score (nSPS) is 15.5. The third-order valence-electron chi connectivity index (χ3n) is 10.2. The van der Waals surface area contributed by atoms with E-state index >= 15 is 0 Å². The van der Waals surface area contributed by atoms with Crippen molar-refractivity contribution < 1.29 is 20.1 Å². The maximum atomic E-state index is 4.85. The summed E-state index contributed by atoms with van der Waals surface area (Å²) in [5, 5.41) is 0. The van der Waals surface area contributed by atoms with Crippen molar-refractivity contribution in [3.05, 3.63) is 109 Å². The maximum Gasteiger partial charge on any atom is 0.184 e. The van der Waals surface area contributed by atoms with Crippen LogP contribution in [0, 0.1) is 11.5 Å². The number of pyridine rings is 1. The Morgan fingerprint density at radius 1 is 0.522 bits per heavy atom. The van der Waals surface area contributed by atoms with Crippen LogP contribution in [0.15, 0.2) is 91.9 Å². The Labute approximate surface area is 282 Å². The van der Waals surface area contributed by atoms with Gasteiger partial charge in [0.2, 0.25) is 0 Å². The minimum atomic E-state index is 0. The summed E-state index contributed by atoms with van der Waals surface area (Å²) < 4.78 is 0. The van der Waals surface area contributed by atoms with Crippen LogP contribution in [0.2, 0.25) is 0 Å². The largest absolute Gasteiger partial charge is 0.304 e. The topological polar surface area (TPSA) is 103 Å². The fraction of sp³-hybridized carbons (Fsp3) is 0.243. The molecule has 9 heteroatoms. The molecule has 8 nitrogen and oxygen atoms in total. The van der Waals surface area contributed by atoms with Gasteiger partial charge in [-0.25, -0.2) is 24.9 Å². The van der Waals surface area contributed by atoms with Crippen molar-refractivity contribution in [1.82, 2.24) is 39.9 Å². The van der Waals surface area contributed by atoms with E-state index in [1.54, 1.807) is 37.2 Å². The van der Waals surface area contributed by atoms with E-state index in [0.717, 1.165) is 27.9 Å². The van der Waals surface area contributed by atoms with Crippen LogP contribution >= 0.6 is 0 Å². The fourth-order valence-corrected chi connectivity index (χ4v) is 6.23. The molecule has 1 aliphatic carbocycles. The van der Waals surface area contributed by atoms with Crippen molar-refractivity contribution in [2.24, 2.45) is 5.41 Å². The van der Waals surface area contributed by atoms with Crippen LogP contribution in [0.25, 0.3) is 56.8 Å². The minimum absolute atomic E-state index is 0. The van der Waals surface area contributed by atoms with E-state index in [1.807, 2.05) is 30.5 Å². The maximum absolute atomic E-state index is 4.85. The second-order valence-corrected chi connectivity index (χ2v) is 13.0. The zero-order valence-electron chi connectivity index (χ0n) is 26.6. The molecule has 0 N–H and O–H groups in total. The second kappa shape index (κ2) is 11.6. The van der Waals surface area contributed by atoms with Crippen molar-refractivity contribution in [2.45, 2.75) is 52.4 Å². The first-order chi connectivity index (χ1) is 21.6. The van der Waals surface area contributed by atoms with Gasteiger partial charge in [-0.2, -0.15) is 0 Å². The van der Waals surface area contributed by atoms with E-state index in [1.165, 1.54) is 11.1 Å². The smallest absolute Gasteiger partial charge is 0.184 e. The van der Waals surface area contributed by atoms with Crippen molar-refractivity contribution >= 4 is 0 Å². The van der Waals surface area contributed by atoms with Crippen LogP contribution in [0.4, 0.5) is 0 Å². The Morgan fingerprint density at radius 3 is 1.61 bits per heavy atom. The molecule has 1 aliphatic rings. The van der Waals surface area contributed by atoms with Crippen LogP contribution in [-0.4, -0.2) is 39.9 Å². The molecule has 0 atom stereocenters. The predicted octanol–water partition coefficient (Wildman–Crippen LogP) is 7.57. The Balaban J connectivity index is 0.00000372. The number of hydrogen-bond donors (Lipinski definition) is 0. The molecule has 7 rings (SSSR count). The molecule has 0 fully saturated rings. The number of fused-ring (bicyclic) bond motifs is 1. The Bertz CT molecular complexity index is 1950. The molecular formula is C37H33IrN8-. The predicted molar refractivity (Wildman–Crippen MR) is 175 cm³/mol. The van der Waals surface area contributed by atoms with Gasteiger partial charge in [-0.15, -0.1) is 34.9 Å². The first-order valence-electron chi connectivity index (χ1n) is 15.0. The first kappa shape index (κ1) is 31.4. The molecule has 4 heterocycles. The molecule has 1 radical (unpaired) electrons. The van der Waals surface area contributed by atoms with Gasteiger partial charge in [-0.05, 0) is 33.1 Å². The summed E-state index contributed by atoms with van der Waals surface area (Å²) in [7, 11) is 0. The van der Waals surface area contributed by atoms with Crippen molar-refractivity contribution in [2.75, 3.05) is 0 Å². The van der Waals surface area contributed by atoms with E-state index in [0.29, 0.717) is 28.9 Å². The van der Waals surface area contributed by atoms with Crippen molar-refractivity contribution in [1.29, 1.82) is 0 Å². The van der Waals surface area contributed by atoms with Gasteiger partial charge in [0.1, 0.15) is 11.4 Å². The minimum Gasteiger partial charge on any atom is -0.304 e. The number of rotatable bonds is 5. The SMILES string of the molecule is CC1(C)c2c[c-]c(-c3ccc(-c4ccc(-c5nc(-c6cnccn6)nc(-c6cnccn6)n5)cc4)cn3)cc2C(C)(C)C1(C)C.[Ir]. The molecule has 6 aromatic rings. The van der Waals surface area contributed by atoms with E-state index < -0.39 is 0 Å². The molecule has 0 saturated heterocycles. The molecule has 4 aromatic heterocycles. The van der Waals surface area contributed by atoms with E-state index in [2.05, 4.69) is 96.8 Å². The summed E-state index contributed by atoms with van der Waals surface area (Å²) in [6, 6.07) is 20.3. The van der Waals surface area contributed by atoms with Crippen molar-refractivity contribution in [3.8, 4) is 56.8 Å². The van der Waals surface area contributed by atoms with E-state index in [4.69, 9.17) is 15.0 Å². The van der Waals surface area contributed by atoms with Crippen LogP contribution in [0.3, 0.4) is 0 Å². The Kier molecular flexibility index (Phi) is 7.95. The monoisotopic (exact) mass is 782 g/mol. The number of benzene rings is 2. The Hall–Kier alpha value is -4.59. The van der Waals surface area contributed by atoms with Gasteiger partial charge in [-0.1, -0.05) is 77.9 Å². The standard InChI is InChI=1S/C37H33N8.Ir/c1-35(2)27-13-11-25(19-28(27)36(3,4)37(35,5)6)29-14-12-26(20-42-29)23-7-9-24(10-8-23)32-43-33(30-21-38-15-17-40-30)45-34(44-32)31-22-39-16-18-41-31;/h7-10,12-22H,1-6H3;/q-1;. The third kappa shape index (κ3) is 5.13. The first-order valence-corrected chi connectivity index (χ1v) is 15.0. The van der Waals surface area contributed by atoms with Gasteiger partial charge in [0.15, 0.2) is 17.5 Å². The molecule has 0 spiro atoms. The summed E-state index contributed by atoms with van der Waals surface area (Å²) in [4.78, 5) is 36.0. The summed E-state index contributed by atoms with van der Waals surface area (Å²) in [5.74, 6) is 1.33. The summed E-state index contributed by atoms with van der Waals surface area (Å²) in [6.45, 7) is 14.2. The zero-order chi connectivity index (χ0) is 31.4. The number of hydrogen-bond acceptors (Lipinski definition) is 8. The summed E-state index contributed by atoms with van der Waals surface area (Å²) >= 11 is 0. The van der Waals surface area contributed by atoms with Gasteiger partial charge >= 0.3 is 0 Å². The van der Waals surface area contributed by atoms with E-state index in [-0.39, 0.29) is 36.4 Å². The van der Waals surface area contributed by atoms with E-state index in [9.17, 15) is 0 Å². The molecular weight excluding hydrogens is 749 g/mol. The van der Waals surface area contributed by atoms with Gasteiger partial charge in [0, 0.05) is 56.7 Å². The van der Waals surface area contributed by atoms with Gasteiger partial charge < -0.3 is 4.98 Å². The van der Waals surface area contributed by atoms with Crippen LogP contribution in [0.1, 0.15) is 52.7 Å². The fourth-order valence-electron chi connectivity index (χ4n) is 6.23. The quantitative estimate of drug-likeness (QED) is 0.165. The molecule has 0 amide bonds. The second-order valence-electron chi connectivity index (χ2n) is 13.0. The molecule has 0 unspecified atom stereocenters. The molecule has 231 valence electrons. The van der Waals surface area contributed by atoms with Gasteiger partial charge in [0.25, 0.3) is 0 Å². The molecule has 0 saturated carbocycles. The van der Waals surface area contributed by atoms with Crippen LogP contribution in [0.5, 0.6) is 0 Å². The van der Waals surface area contributed by atoms with Crippen molar-refractivity contribution in [3.63, 3.8) is 0 Å². The zero-order valence-corrected chi connectivity index (χ0v) is 29.0. The van der Waals surface area contributed by atoms with Crippen LogP contribution in [-0.2, 0) is 30.9 Å². The third-order valence-corrected chi connectivity index (χ3v) is 10.2. The Morgan fingerprint density at radius 2 is 1.07 bits per heavy atom. The van der Waals surface area contributed by atoms with Crippen LogP contribution < -0.4 is 0 Å².